The maximum Gasteiger partial charge on any atom is 0.343 e. The maximum atomic E-state index is 11.8. The number of esters is 1. The van der Waals surface area contributed by atoms with E-state index in [1.54, 1.807) is 13.1 Å². The van der Waals surface area contributed by atoms with E-state index in [0.29, 0.717) is 36.6 Å². The Balaban J connectivity index is 2.03. The monoisotopic (exact) mass is 277 g/mol. The van der Waals surface area contributed by atoms with E-state index >= 15 is 0 Å². The molecule has 7 nitrogen and oxygen atoms in total. The smallest absolute Gasteiger partial charge is 0.343 e. The molecule has 1 aliphatic heterocycles. The first-order valence-electron chi connectivity index (χ1n) is 6.51. The van der Waals surface area contributed by atoms with E-state index in [0.717, 1.165) is 5.69 Å². The summed E-state index contributed by atoms with van der Waals surface area (Å²) in [5.41, 5.74) is 1.51. The summed E-state index contributed by atoms with van der Waals surface area (Å²) in [6.07, 6.45) is 3.76. The van der Waals surface area contributed by atoms with E-state index in [-0.39, 0.29) is 12.5 Å². The van der Waals surface area contributed by atoms with Crippen molar-refractivity contribution in [1.82, 2.24) is 14.6 Å². The van der Waals surface area contributed by atoms with Crippen LogP contribution in [-0.2, 0) is 11.2 Å². The molecular weight excluding hydrogens is 262 g/mol. The second-order valence-corrected chi connectivity index (χ2v) is 4.66. The van der Waals surface area contributed by atoms with Crippen LogP contribution in [0.1, 0.15) is 23.0 Å². The Morgan fingerprint density at radius 2 is 2.50 bits per heavy atom. The molecule has 0 fully saturated rings. The summed E-state index contributed by atoms with van der Waals surface area (Å²) in [7, 11) is 0. The molecule has 1 aliphatic rings. The van der Waals surface area contributed by atoms with Crippen LogP contribution in [0.2, 0.25) is 0 Å². The number of carbonyl (C=O) groups is 1. The second kappa shape index (κ2) is 5.09. The van der Waals surface area contributed by atoms with Gasteiger partial charge in [0, 0.05) is 18.9 Å². The van der Waals surface area contributed by atoms with Gasteiger partial charge in [0.25, 0.3) is 0 Å². The summed E-state index contributed by atoms with van der Waals surface area (Å²) >= 11 is 0. The van der Waals surface area contributed by atoms with Crippen LogP contribution in [0.15, 0.2) is 12.4 Å². The molecule has 7 heteroatoms. The fourth-order valence-corrected chi connectivity index (χ4v) is 2.21. The first-order valence-corrected chi connectivity index (χ1v) is 6.51. The molecule has 2 aromatic rings. The van der Waals surface area contributed by atoms with Crippen molar-refractivity contribution < 1.29 is 19.4 Å². The van der Waals surface area contributed by atoms with Gasteiger partial charge in [0.05, 0.1) is 31.3 Å². The number of hydrogen-bond donors (Lipinski definition) is 1. The minimum Gasteiger partial charge on any atom is -0.490 e. The predicted octanol–water partition coefficient (Wildman–Crippen LogP) is 0.449. The lowest BCUT2D eigenvalue weighted by Gasteiger charge is -2.22. The zero-order valence-corrected chi connectivity index (χ0v) is 11.1. The molecule has 0 aromatic carbocycles. The third-order valence-corrected chi connectivity index (χ3v) is 3.24. The first kappa shape index (κ1) is 12.9. The summed E-state index contributed by atoms with van der Waals surface area (Å²) in [6, 6.07) is 0. The van der Waals surface area contributed by atoms with Crippen LogP contribution in [0, 0.1) is 5.92 Å². The second-order valence-electron chi connectivity index (χ2n) is 4.66. The van der Waals surface area contributed by atoms with Crippen LogP contribution < -0.4 is 4.74 Å². The third kappa shape index (κ3) is 2.09. The molecule has 0 spiro atoms. The Morgan fingerprint density at radius 3 is 3.25 bits per heavy atom. The van der Waals surface area contributed by atoms with Crippen molar-refractivity contribution in [2.75, 3.05) is 19.8 Å². The van der Waals surface area contributed by atoms with Crippen LogP contribution >= 0.6 is 0 Å². The third-order valence-electron chi connectivity index (χ3n) is 3.24. The average molecular weight is 277 g/mol. The number of aromatic nitrogens is 3. The van der Waals surface area contributed by atoms with Gasteiger partial charge in [-0.1, -0.05) is 0 Å². The number of nitrogens with zero attached hydrogens (tertiary/aromatic N) is 3. The van der Waals surface area contributed by atoms with E-state index in [1.165, 1.54) is 10.7 Å². The van der Waals surface area contributed by atoms with Gasteiger partial charge in [0.15, 0.2) is 11.4 Å². The molecule has 0 amide bonds. The molecule has 0 bridgehead atoms. The number of aliphatic hydroxyl groups excluding tert-OH is 1. The highest BCUT2D eigenvalue weighted by molar-refractivity contribution is 5.95. The molecule has 1 N–H and O–H groups in total. The van der Waals surface area contributed by atoms with Crippen molar-refractivity contribution in [1.29, 1.82) is 0 Å². The highest BCUT2D eigenvalue weighted by Gasteiger charge is 2.24. The van der Waals surface area contributed by atoms with Crippen LogP contribution in [-0.4, -0.2) is 45.5 Å². The van der Waals surface area contributed by atoms with E-state index in [4.69, 9.17) is 9.47 Å². The van der Waals surface area contributed by atoms with Gasteiger partial charge in [-0.05, 0) is 6.92 Å². The van der Waals surface area contributed by atoms with Crippen LogP contribution in [0.3, 0.4) is 0 Å². The molecule has 106 valence electrons. The molecule has 0 aliphatic carbocycles. The lowest BCUT2D eigenvalue weighted by atomic mass is 10.0. The van der Waals surface area contributed by atoms with Gasteiger partial charge in [-0.25, -0.2) is 14.3 Å². The number of rotatable bonds is 3. The topological polar surface area (TPSA) is 86.0 Å². The minimum absolute atomic E-state index is 0.0337. The van der Waals surface area contributed by atoms with Crippen molar-refractivity contribution >= 4 is 11.6 Å². The largest absolute Gasteiger partial charge is 0.490 e. The van der Waals surface area contributed by atoms with Crippen molar-refractivity contribution in [3.05, 3.63) is 23.7 Å². The summed E-state index contributed by atoms with van der Waals surface area (Å²) in [5.74, 6) is 0.234. The minimum atomic E-state index is -0.439. The molecule has 2 aromatic heterocycles. The Kier molecular flexibility index (Phi) is 3.27. The van der Waals surface area contributed by atoms with E-state index in [2.05, 4.69) is 10.1 Å². The fraction of sp³-hybridized carbons (Fsp3) is 0.462. The van der Waals surface area contributed by atoms with Crippen LogP contribution in [0.4, 0.5) is 0 Å². The van der Waals surface area contributed by atoms with Crippen molar-refractivity contribution in [3.63, 3.8) is 0 Å². The SMILES string of the molecule is CCOC(=O)c1cnn2cc3c(nc12)C[C@H](CO)CO3. The molecule has 1 atom stereocenters. The Bertz CT molecular complexity index is 652. The molecule has 3 rings (SSSR count). The van der Waals surface area contributed by atoms with Crippen molar-refractivity contribution in [2.45, 2.75) is 13.3 Å². The molecule has 20 heavy (non-hydrogen) atoms. The number of aliphatic hydroxyl groups is 1. The van der Waals surface area contributed by atoms with Gasteiger partial charge < -0.3 is 14.6 Å². The molecular formula is C13H15N3O4. The summed E-state index contributed by atoms with van der Waals surface area (Å²) < 4.78 is 12.0. The zero-order chi connectivity index (χ0) is 14.1. The summed E-state index contributed by atoms with van der Waals surface area (Å²) in [4.78, 5) is 16.3. The van der Waals surface area contributed by atoms with Gasteiger partial charge in [-0.3, -0.25) is 0 Å². The Morgan fingerprint density at radius 1 is 1.65 bits per heavy atom. The van der Waals surface area contributed by atoms with Crippen molar-refractivity contribution in [2.24, 2.45) is 5.92 Å². The number of fused-ring (bicyclic) bond motifs is 2. The van der Waals surface area contributed by atoms with E-state index < -0.39 is 5.97 Å². The fourth-order valence-electron chi connectivity index (χ4n) is 2.21. The lowest BCUT2D eigenvalue weighted by Crippen LogP contribution is -2.25. The number of ether oxygens (including phenoxy) is 2. The van der Waals surface area contributed by atoms with Gasteiger partial charge in [0.1, 0.15) is 5.56 Å². The maximum absolute atomic E-state index is 11.8. The quantitative estimate of drug-likeness (QED) is 0.820. The Hall–Kier alpha value is -2.15. The van der Waals surface area contributed by atoms with Crippen LogP contribution in [0.5, 0.6) is 5.75 Å². The van der Waals surface area contributed by atoms with Gasteiger partial charge in [-0.15, -0.1) is 0 Å². The predicted molar refractivity (Wildman–Crippen MR) is 68.7 cm³/mol. The first-order chi connectivity index (χ1) is 9.72. The lowest BCUT2D eigenvalue weighted by molar-refractivity contribution is 0.0528. The Labute approximate surface area is 115 Å². The van der Waals surface area contributed by atoms with E-state index in [1.807, 2.05) is 0 Å². The summed E-state index contributed by atoms with van der Waals surface area (Å²) in [5, 5.41) is 13.3. The zero-order valence-electron chi connectivity index (χ0n) is 11.1. The highest BCUT2D eigenvalue weighted by atomic mass is 16.5. The normalized spacial score (nSPS) is 17.6. The molecule has 0 saturated carbocycles. The van der Waals surface area contributed by atoms with Gasteiger partial charge >= 0.3 is 5.97 Å². The molecule has 3 heterocycles. The number of carbonyl (C=O) groups excluding carboxylic acids is 1. The molecule has 0 unspecified atom stereocenters. The van der Waals surface area contributed by atoms with Crippen molar-refractivity contribution in [3.8, 4) is 5.75 Å². The van der Waals surface area contributed by atoms with E-state index in [9.17, 15) is 9.90 Å². The average Bonchev–Trinajstić information content (AvgIpc) is 2.87. The van der Waals surface area contributed by atoms with Gasteiger partial charge in [0.2, 0.25) is 0 Å². The summed E-state index contributed by atoms with van der Waals surface area (Å²) in [6.45, 7) is 2.56. The van der Waals surface area contributed by atoms with Crippen LogP contribution in [0.25, 0.3) is 5.65 Å². The molecule has 0 saturated heterocycles. The molecule has 0 radical (unpaired) electrons. The van der Waals surface area contributed by atoms with Gasteiger partial charge in [-0.2, -0.15) is 5.10 Å². The standard InChI is InChI=1S/C13H15N3O4/c1-2-19-13(18)9-4-14-16-5-11-10(15-12(9)16)3-8(6-17)7-20-11/h4-5,8,17H,2-3,6-7H2,1H3/t8-/m1/s1. The highest BCUT2D eigenvalue weighted by Crippen LogP contribution is 2.26. The number of hydrogen-bond acceptors (Lipinski definition) is 6.